The molecular formula is C14H24N4O3S2. The molecular weight excluding hydrogens is 336 g/mol. The minimum atomic E-state index is -0.873. The first kappa shape index (κ1) is 17.3. The monoisotopic (exact) mass is 360 g/mol. The number of carbonyl (C=O) groups excluding carboxylic acids is 2. The molecule has 9 heteroatoms. The van der Waals surface area contributed by atoms with Gasteiger partial charge in [0.05, 0.1) is 25.2 Å². The van der Waals surface area contributed by atoms with Crippen LogP contribution in [0.1, 0.15) is 6.92 Å². The van der Waals surface area contributed by atoms with Crippen LogP contribution < -0.4 is 11.1 Å². The second-order valence-electron chi connectivity index (χ2n) is 6.40. The summed E-state index contributed by atoms with van der Waals surface area (Å²) in [5.41, 5.74) is 5.70. The van der Waals surface area contributed by atoms with Crippen molar-refractivity contribution in [2.45, 2.75) is 30.0 Å². The summed E-state index contributed by atoms with van der Waals surface area (Å²) < 4.78 is 0. The number of hydrogen-bond donors (Lipinski definition) is 3. The zero-order chi connectivity index (χ0) is 16.6. The van der Waals surface area contributed by atoms with E-state index in [0.29, 0.717) is 13.1 Å². The maximum atomic E-state index is 12.5. The first-order valence-electron chi connectivity index (χ1n) is 7.92. The number of nitrogens with zero attached hydrogens (tertiary/aromatic N) is 2. The van der Waals surface area contributed by atoms with Gasteiger partial charge in [-0.25, -0.2) is 0 Å². The molecule has 3 rings (SSSR count). The van der Waals surface area contributed by atoms with Gasteiger partial charge in [0.1, 0.15) is 10.9 Å². The smallest absolute Gasteiger partial charge is 0.242 e. The zero-order valence-electron chi connectivity index (χ0n) is 13.2. The minimum absolute atomic E-state index is 0.161. The van der Waals surface area contributed by atoms with Crippen LogP contribution in [0.3, 0.4) is 0 Å². The van der Waals surface area contributed by atoms with Gasteiger partial charge in [0, 0.05) is 30.3 Å². The summed E-state index contributed by atoms with van der Waals surface area (Å²) >= 11 is 3.60. The Labute approximate surface area is 144 Å². The zero-order valence-corrected chi connectivity index (χ0v) is 14.9. The topological polar surface area (TPSA) is 98.9 Å². The van der Waals surface area contributed by atoms with Gasteiger partial charge in [0.15, 0.2) is 0 Å². The highest BCUT2D eigenvalue weighted by Gasteiger charge is 2.52. The molecule has 3 aliphatic rings. The van der Waals surface area contributed by atoms with Gasteiger partial charge in [-0.3, -0.25) is 14.9 Å². The highest BCUT2D eigenvalue weighted by atomic mass is 32.2. The SMILES string of the molecule is CC(O)[C@H](N)C(=O)N1CC2(C1)N[C@H](C(=O)N1CCSCC1)CS2. The van der Waals surface area contributed by atoms with Crippen LogP contribution in [0.5, 0.6) is 0 Å². The second kappa shape index (κ2) is 6.79. The number of aliphatic hydroxyl groups excluding tert-OH is 1. The maximum Gasteiger partial charge on any atom is 0.242 e. The Balaban J connectivity index is 1.51. The fraction of sp³-hybridized carbons (Fsp3) is 0.857. The summed E-state index contributed by atoms with van der Waals surface area (Å²) in [5, 5.41) is 12.9. The van der Waals surface area contributed by atoms with Crippen LogP contribution in [-0.4, -0.2) is 93.2 Å². The van der Waals surface area contributed by atoms with Crippen molar-refractivity contribution >= 4 is 35.3 Å². The number of aliphatic hydroxyl groups is 1. The summed E-state index contributed by atoms with van der Waals surface area (Å²) in [4.78, 5) is 28.0. The summed E-state index contributed by atoms with van der Waals surface area (Å²) in [7, 11) is 0. The van der Waals surface area contributed by atoms with Crippen molar-refractivity contribution < 1.29 is 14.7 Å². The molecule has 3 aliphatic heterocycles. The molecule has 0 aromatic rings. The Morgan fingerprint density at radius 2 is 1.96 bits per heavy atom. The molecule has 3 fully saturated rings. The van der Waals surface area contributed by atoms with Crippen LogP contribution in [0.2, 0.25) is 0 Å². The lowest BCUT2D eigenvalue weighted by molar-refractivity contribution is -0.141. The lowest BCUT2D eigenvalue weighted by Gasteiger charge is -2.48. The molecule has 0 bridgehead atoms. The number of rotatable bonds is 3. The standard InChI is InChI=1S/C14H24N4O3S2/c1-9(19)11(15)13(21)18-7-14(8-18)16-10(6-23-14)12(20)17-2-4-22-5-3-17/h9-11,16,19H,2-8,15H2,1H3/t9?,10-,11-/m0/s1. The van der Waals surface area contributed by atoms with Crippen LogP contribution in [0.4, 0.5) is 0 Å². The minimum Gasteiger partial charge on any atom is -0.391 e. The lowest BCUT2D eigenvalue weighted by atomic mass is 10.0. The van der Waals surface area contributed by atoms with Crippen molar-refractivity contribution in [1.82, 2.24) is 15.1 Å². The van der Waals surface area contributed by atoms with E-state index in [4.69, 9.17) is 5.73 Å². The average molecular weight is 361 g/mol. The van der Waals surface area contributed by atoms with Gasteiger partial charge in [-0.1, -0.05) is 0 Å². The van der Waals surface area contributed by atoms with E-state index in [2.05, 4.69) is 5.32 Å². The molecule has 0 radical (unpaired) electrons. The van der Waals surface area contributed by atoms with E-state index in [1.165, 1.54) is 6.92 Å². The molecule has 3 heterocycles. The first-order chi connectivity index (χ1) is 10.9. The van der Waals surface area contributed by atoms with Crippen molar-refractivity contribution in [2.75, 3.05) is 43.4 Å². The Morgan fingerprint density at radius 3 is 2.57 bits per heavy atom. The third kappa shape index (κ3) is 3.48. The molecule has 4 N–H and O–H groups in total. The fourth-order valence-electron chi connectivity index (χ4n) is 3.11. The number of likely N-dealkylation sites (tertiary alicyclic amines) is 1. The molecule has 0 aliphatic carbocycles. The molecule has 3 atom stereocenters. The van der Waals surface area contributed by atoms with Crippen LogP contribution in [0.25, 0.3) is 0 Å². The van der Waals surface area contributed by atoms with Crippen molar-refractivity contribution in [2.24, 2.45) is 5.73 Å². The molecule has 0 saturated carbocycles. The molecule has 7 nitrogen and oxygen atoms in total. The summed E-state index contributed by atoms with van der Waals surface area (Å²) in [5.74, 6) is 2.72. The summed E-state index contributed by atoms with van der Waals surface area (Å²) in [6, 6.07) is -1.03. The van der Waals surface area contributed by atoms with E-state index in [1.807, 2.05) is 16.7 Å². The number of nitrogens with one attached hydrogen (secondary N) is 1. The maximum absolute atomic E-state index is 12.5. The number of thioether (sulfide) groups is 2. The van der Waals surface area contributed by atoms with Gasteiger partial charge < -0.3 is 20.6 Å². The van der Waals surface area contributed by atoms with E-state index >= 15 is 0 Å². The van der Waals surface area contributed by atoms with E-state index in [0.717, 1.165) is 30.3 Å². The van der Waals surface area contributed by atoms with Crippen molar-refractivity contribution in [3.63, 3.8) is 0 Å². The van der Waals surface area contributed by atoms with E-state index in [9.17, 15) is 14.7 Å². The molecule has 130 valence electrons. The summed E-state index contributed by atoms with van der Waals surface area (Å²) in [6.45, 7) is 4.25. The first-order valence-corrected chi connectivity index (χ1v) is 10.1. The third-order valence-corrected chi connectivity index (χ3v) is 6.96. The number of nitrogens with two attached hydrogens (primary N) is 1. The van der Waals surface area contributed by atoms with Crippen molar-refractivity contribution in [3.8, 4) is 0 Å². The van der Waals surface area contributed by atoms with Gasteiger partial charge in [-0.2, -0.15) is 11.8 Å². The Bertz CT molecular complexity index is 479. The summed E-state index contributed by atoms with van der Waals surface area (Å²) in [6.07, 6.45) is -0.852. The van der Waals surface area contributed by atoms with E-state index in [-0.39, 0.29) is 22.7 Å². The van der Waals surface area contributed by atoms with E-state index in [1.54, 1.807) is 16.7 Å². The van der Waals surface area contributed by atoms with Gasteiger partial charge in [0.2, 0.25) is 11.8 Å². The normalized spacial score (nSPS) is 29.3. The number of hydrogen-bond acceptors (Lipinski definition) is 7. The highest BCUT2D eigenvalue weighted by molar-refractivity contribution is 8.01. The van der Waals surface area contributed by atoms with Crippen LogP contribution >= 0.6 is 23.5 Å². The Kier molecular flexibility index (Phi) is 5.12. The Morgan fingerprint density at radius 1 is 1.30 bits per heavy atom. The van der Waals surface area contributed by atoms with Crippen molar-refractivity contribution in [3.05, 3.63) is 0 Å². The second-order valence-corrected chi connectivity index (χ2v) is 9.03. The largest absolute Gasteiger partial charge is 0.391 e. The molecule has 23 heavy (non-hydrogen) atoms. The molecule has 3 saturated heterocycles. The van der Waals surface area contributed by atoms with Gasteiger partial charge in [-0.15, -0.1) is 11.8 Å². The quantitative estimate of drug-likeness (QED) is 0.564. The van der Waals surface area contributed by atoms with E-state index < -0.39 is 12.1 Å². The molecule has 2 amide bonds. The fourth-order valence-corrected chi connectivity index (χ4v) is 5.44. The molecule has 1 unspecified atom stereocenters. The molecule has 1 spiro atoms. The van der Waals surface area contributed by atoms with Crippen molar-refractivity contribution in [1.29, 1.82) is 0 Å². The highest BCUT2D eigenvalue weighted by Crippen LogP contribution is 2.39. The van der Waals surface area contributed by atoms with Crippen LogP contribution in [0.15, 0.2) is 0 Å². The van der Waals surface area contributed by atoms with Crippen LogP contribution in [-0.2, 0) is 9.59 Å². The number of carbonyl (C=O) groups is 2. The average Bonchev–Trinajstić information content (AvgIpc) is 2.97. The lowest BCUT2D eigenvalue weighted by Crippen LogP contribution is -2.70. The molecule has 0 aromatic heterocycles. The molecule has 0 aromatic carbocycles. The van der Waals surface area contributed by atoms with Crippen LogP contribution in [0, 0.1) is 0 Å². The van der Waals surface area contributed by atoms with Gasteiger partial charge in [-0.05, 0) is 6.92 Å². The van der Waals surface area contributed by atoms with Gasteiger partial charge in [0.25, 0.3) is 0 Å². The van der Waals surface area contributed by atoms with Gasteiger partial charge >= 0.3 is 0 Å². The Hall–Kier alpha value is -0.480. The third-order valence-electron chi connectivity index (χ3n) is 4.59. The predicted molar refractivity (Wildman–Crippen MR) is 92.3 cm³/mol. The predicted octanol–water partition coefficient (Wildman–Crippen LogP) is -1.49. The number of amides is 2.